The second kappa shape index (κ2) is 12.4. The second-order valence-corrected chi connectivity index (χ2v) is 5.66. The van der Waals surface area contributed by atoms with E-state index in [1.807, 2.05) is 0 Å². The Morgan fingerprint density at radius 2 is 1.70 bits per heavy atom. The Morgan fingerprint density at radius 3 is 2.39 bits per heavy atom. The van der Waals surface area contributed by atoms with E-state index in [9.17, 15) is 4.79 Å². The molecule has 2 heteroatoms. The molecule has 0 aliphatic heterocycles. The predicted molar refractivity (Wildman–Crippen MR) is 95.3 cm³/mol. The average molecular weight is 310 g/mol. The van der Waals surface area contributed by atoms with Gasteiger partial charge in [-0.15, -0.1) is 0 Å². The molecule has 2 nitrogen and oxygen atoms in total. The molecule has 0 aliphatic rings. The number of carboxylic acids is 1. The Kier molecular flexibility index (Phi) is 10.1. The highest BCUT2D eigenvalue weighted by Gasteiger charge is 2.00. The minimum atomic E-state index is -0.936. The van der Waals surface area contributed by atoms with Gasteiger partial charge in [-0.2, -0.15) is 0 Å². The van der Waals surface area contributed by atoms with E-state index in [-0.39, 0.29) is 5.56 Å². The number of rotatable bonds is 9. The third-order valence-corrected chi connectivity index (χ3v) is 3.62. The standard InChI is InChI=1S/C21H26O2/c1-2-3-4-5-6-7-8-9-10-11-12-13-15-19-16-14-17-20(18-19)21(22)23/h14,16-18H,2-10H2,1H3,(H,22,23). The van der Waals surface area contributed by atoms with E-state index >= 15 is 0 Å². The van der Waals surface area contributed by atoms with Crippen LogP contribution in [0, 0.1) is 23.7 Å². The third kappa shape index (κ3) is 9.43. The van der Waals surface area contributed by atoms with Gasteiger partial charge in [0.25, 0.3) is 0 Å². The zero-order valence-corrected chi connectivity index (χ0v) is 14.0. The molecule has 0 saturated heterocycles. The molecule has 1 N–H and O–H groups in total. The second-order valence-electron chi connectivity index (χ2n) is 5.66. The van der Waals surface area contributed by atoms with E-state index in [2.05, 4.69) is 30.6 Å². The van der Waals surface area contributed by atoms with Crippen molar-refractivity contribution in [2.45, 2.75) is 64.7 Å². The SMILES string of the molecule is CCCCCCCCCCC#CC#Cc1cccc(C(=O)O)c1. The highest BCUT2D eigenvalue weighted by molar-refractivity contribution is 5.88. The van der Waals surface area contributed by atoms with Crippen molar-refractivity contribution in [2.75, 3.05) is 0 Å². The fourth-order valence-corrected chi connectivity index (χ4v) is 2.29. The molecule has 0 spiro atoms. The Bertz CT molecular complexity index is 593. The summed E-state index contributed by atoms with van der Waals surface area (Å²) in [6.07, 6.45) is 11.3. The lowest BCUT2D eigenvalue weighted by molar-refractivity contribution is 0.0697. The van der Waals surface area contributed by atoms with E-state index in [0.29, 0.717) is 5.56 Å². The number of unbranched alkanes of at least 4 members (excludes halogenated alkanes) is 8. The fraction of sp³-hybridized carbons (Fsp3) is 0.476. The summed E-state index contributed by atoms with van der Waals surface area (Å²) < 4.78 is 0. The number of carbonyl (C=O) groups is 1. The summed E-state index contributed by atoms with van der Waals surface area (Å²) in [6.45, 7) is 2.24. The summed E-state index contributed by atoms with van der Waals surface area (Å²) in [4.78, 5) is 10.9. The summed E-state index contributed by atoms with van der Waals surface area (Å²) in [5.74, 6) is 10.6. The molecule has 0 radical (unpaired) electrons. The van der Waals surface area contributed by atoms with Crippen molar-refractivity contribution in [3.8, 4) is 23.7 Å². The summed E-state index contributed by atoms with van der Waals surface area (Å²) >= 11 is 0. The van der Waals surface area contributed by atoms with Gasteiger partial charge >= 0.3 is 5.97 Å². The van der Waals surface area contributed by atoms with Gasteiger partial charge in [0.05, 0.1) is 5.56 Å². The van der Waals surface area contributed by atoms with Gasteiger partial charge in [-0.1, -0.05) is 69.8 Å². The van der Waals surface area contributed by atoms with E-state index in [1.54, 1.807) is 24.3 Å². The Labute approximate surface area is 140 Å². The van der Waals surface area contributed by atoms with Crippen LogP contribution in [0.2, 0.25) is 0 Å². The van der Waals surface area contributed by atoms with Gasteiger partial charge in [0.1, 0.15) is 0 Å². The Morgan fingerprint density at radius 1 is 1.00 bits per heavy atom. The minimum absolute atomic E-state index is 0.253. The third-order valence-electron chi connectivity index (χ3n) is 3.62. The molecule has 1 rings (SSSR count). The molecule has 0 fully saturated rings. The fourth-order valence-electron chi connectivity index (χ4n) is 2.29. The molecule has 0 amide bonds. The molecule has 0 bridgehead atoms. The van der Waals surface area contributed by atoms with Crippen LogP contribution in [0.5, 0.6) is 0 Å². The molecule has 1 aromatic rings. The van der Waals surface area contributed by atoms with E-state index < -0.39 is 5.97 Å². The molecule has 0 heterocycles. The monoisotopic (exact) mass is 310 g/mol. The zero-order valence-electron chi connectivity index (χ0n) is 14.0. The number of hydrogen-bond donors (Lipinski definition) is 1. The predicted octanol–water partition coefficient (Wildman–Crippen LogP) is 5.27. The lowest BCUT2D eigenvalue weighted by Gasteiger charge is -1.98. The molecule has 122 valence electrons. The van der Waals surface area contributed by atoms with Crippen LogP contribution in [0.4, 0.5) is 0 Å². The van der Waals surface area contributed by atoms with E-state index in [0.717, 1.165) is 12.8 Å². The highest BCUT2D eigenvalue weighted by Crippen LogP contribution is 2.09. The number of benzene rings is 1. The minimum Gasteiger partial charge on any atom is -0.478 e. The molecule has 0 aromatic heterocycles. The van der Waals surface area contributed by atoms with E-state index in [1.165, 1.54) is 44.9 Å². The van der Waals surface area contributed by atoms with Crippen molar-refractivity contribution < 1.29 is 9.90 Å². The van der Waals surface area contributed by atoms with Crippen LogP contribution in [0.15, 0.2) is 24.3 Å². The molecule has 0 saturated carbocycles. The molecule has 1 aromatic carbocycles. The van der Waals surface area contributed by atoms with Crippen LogP contribution >= 0.6 is 0 Å². The summed E-state index contributed by atoms with van der Waals surface area (Å²) in [7, 11) is 0. The number of hydrogen-bond acceptors (Lipinski definition) is 1. The molecule has 0 unspecified atom stereocenters. The first-order chi connectivity index (χ1) is 11.2. The van der Waals surface area contributed by atoms with E-state index in [4.69, 9.17) is 5.11 Å². The normalized spacial score (nSPS) is 9.43. The van der Waals surface area contributed by atoms with Gasteiger partial charge in [0.15, 0.2) is 0 Å². The number of aromatic carboxylic acids is 1. The van der Waals surface area contributed by atoms with Crippen LogP contribution in [0.3, 0.4) is 0 Å². The topological polar surface area (TPSA) is 37.3 Å². The van der Waals surface area contributed by atoms with Gasteiger partial charge in [-0.25, -0.2) is 4.79 Å². The van der Waals surface area contributed by atoms with Crippen LogP contribution in [-0.2, 0) is 0 Å². The van der Waals surface area contributed by atoms with Crippen molar-refractivity contribution in [2.24, 2.45) is 0 Å². The van der Waals surface area contributed by atoms with Crippen molar-refractivity contribution in [3.63, 3.8) is 0 Å². The first kappa shape index (κ1) is 18.9. The van der Waals surface area contributed by atoms with Crippen molar-refractivity contribution in [1.29, 1.82) is 0 Å². The maximum absolute atomic E-state index is 10.9. The van der Waals surface area contributed by atoms with Crippen LogP contribution in [-0.4, -0.2) is 11.1 Å². The van der Waals surface area contributed by atoms with Crippen LogP contribution < -0.4 is 0 Å². The first-order valence-corrected chi connectivity index (χ1v) is 8.56. The van der Waals surface area contributed by atoms with Crippen molar-refractivity contribution in [1.82, 2.24) is 0 Å². The lowest BCUT2D eigenvalue weighted by Crippen LogP contribution is -1.95. The van der Waals surface area contributed by atoms with Gasteiger partial charge in [-0.05, 0) is 36.5 Å². The van der Waals surface area contributed by atoms with Crippen molar-refractivity contribution >= 4 is 5.97 Å². The summed E-state index contributed by atoms with van der Waals surface area (Å²) in [6, 6.07) is 6.61. The number of carboxylic acid groups (broad SMARTS) is 1. The smallest absolute Gasteiger partial charge is 0.335 e. The van der Waals surface area contributed by atoms with Gasteiger partial charge in [-0.3, -0.25) is 0 Å². The quantitative estimate of drug-likeness (QED) is 0.498. The molecule has 0 atom stereocenters. The summed E-state index contributed by atoms with van der Waals surface area (Å²) in [5, 5.41) is 8.91. The molecular weight excluding hydrogens is 284 g/mol. The lowest BCUT2D eigenvalue weighted by atomic mass is 10.1. The van der Waals surface area contributed by atoms with Gasteiger partial charge in [0, 0.05) is 12.0 Å². The maximum Gasteiger partial charge on any atom is 0.335 e. The molecule has 23 heavy (non-hydrogen) atoms. The Balaban J connectivity index is 2.19. The largest absolute Gasteiger partial charge is 0.478 e. The maximum atomic E-state index is 10.9. The molecular formula is C21H26O2. The van der Waals surface area contributed by atoms with Crippen molar-refractivity contribution in [3.05, 3.63) is 35.4 Å². The molecule has 0 aliphatic carbocycles. The van der Waals surface area contributed by atoms with Crippen LogP contribution in [0.25, 0.3) is 0 Å². The average Bonchev–Trinajstić information content (AvgIpc) is 2.56. The summed E-state index contributed by atoms with van der Waals surface area (Å²) in [5.41, 5.74) is 0.940. The van der Waals surface area contributed by atoms with Crippen LogP contribution in [0.1, 0.15) is 80.6 Å². The zero-order chi connectivity index (χ0) is 16.8. The van der Waals surface area contributed by atoms with Gasteiger partial charge < -0.3 is 5.11 Å². The first-order valence-electron chi connectivity index (χ1n) is 8.56. The highest BCUT2D eigenvalue weighted by atomic mass is 16.4. The Hall–Kier alpha value is -2.19. The van der Waals surface area contributed by atoms with Gasteiger partial charge in [0.2, 0.25) is 0 Å².